The van der Waals surface area contributed by atoms with Gasteiger partial charge in [-0.05, 0) is 25.1 Å². The Balaban J connectivity index is 1.57. The van der Waals surface area contributed by atoms with Gasteiger partial charge >= 0.3 is 0 Å². The van der Waals surface area contributed by atoms with Gasteiger partial charge < -0.3 is 15.4 Å². The molecule has 3 nitrogen and oxygen atoms in total. The van der Waals surface area contributed by atoms with Gasteiger partial charge in [0.2, 0.25) is 0 Å². The molecular weight excluding hydrogens is 244 g/mol. The van der Waals surface area contributed by atoms with Crippen LogP contribution in [0.5, 0.6) is 0 Å². The van der Waals surface area contributed by atoms with Crippen LogP contribution >= 0.6 is 22.9 Å². The van der Waals surface area contributed by atoms with Gasteiger partial charge in [-0.1, -0.05) is 11.6 Å². The van der Waals surface area contributed by atoms with Gasteiger partial charge in [0.25, 0.3) is 0 Å². The fourth-order valence-electron chi connectivity index (χ4n) is 1.74. The molecule has 1 aliphatic heterocycles. The van der Waals surface area contributed by atoms with E-state index >= 15 is 0 Å². The molecule has 0 saturated carbocycles. The SMILES string of the molecule is Clc1ccc(CNCCC2COCCN2)s1. The van der Waals surface area contributed by atoms with Crippen molar-refractivity contribution in [1.82, 2.24) is 10.6 Å². The highest BCUT2D eigenvalue weighted by Gasteiger charge is 2.11. The first-order valence-corrected chi connectivity index (χ1v) is 6.80. The van der Waals surface area contributed by atoms with Crippen molar-refractivity contribution in [2.75, 3.05) is 26.3 Å². The molecule has 5 heteroatoms. The standard InChI is InChI=1S/C11H17ClN2OS/c12-11-2-1-10(16-11)7-13-4-3-9-8-15-6-5-14-9/h1-2,9,13-14H,3-8H2. The van der Waals surface area contributed by atoms with Gasteiger partial charge in [0.1, 0.15) is 0 Å². The Labute approximate surface area is 105 Å². The second-order valence-corrected chi connectivity index (χ2v) is 5.70. The monoisotopic (exact) mass is 260 g/mol. The van der Waals surface area contributed by atoms with E-state index in [9.17, 15) is 0 Å². The molecule has 1 aromatic rings. The van der Waals surface area contributed by atoms with Gasteiger partial charge in [-0.15, -0.1) is 11.3 Å². The molecule has 1 saturated heterocycles. The third-order valence-corrected chi connectivity index (χ3v) is 3.83. The van der Waals surface area contributed by atoms with E-state index < -0.39 is 0 Å². The van der Waals surface area contributed by atoms with Crippen LogP contribution in [0.1, 0.15) is 11.3 Å². The average molecular weight is 261 g/mol. The maximum absolute atomic E-state index is 5.86. The van der Waals surface area contributed by atoms with Gasteiger partial charge in [-0.25, -0.2) is 0 Å². The summed E-state index contributed by atoms with van der Waals surface area (Å²) in [6, 6.07) is 4.52. The molecule has 90 valence electrons. The van der Waals surface area contributed by atoms with Crippen LogP contribution in [0.15, 0.2) is 12.1 Å². The summed E-state index contributed by atoms with van der Waals surface area (Å²) in [6.07, 6.45) is 1.11. The summed E-state index contributed by atoms with van der Waals surface area (Å²) in [5, 5.41) is 6.86. The number of hydrogen-bond donors (Lipinski definition) is 2. The highest BCUT2D eigenvalue weighted by atomic mass is 35.5. The molecule has 1 aliphatic rings. The van der Waals surface area contributed by atoms with Crippen molar-refractivity contribution in [2.24, 2.45) is 0 Å². The zero-order valence-electron chi connectivity index (χ0n) is 9.17. The van der Waals surface area contributed by atoms with Gasteiger partial charge in [0.05, 0.1) is 17.6 Å². The van der Waals surface area contributed by atoms with Crippen LogP contribution in [0.3, 0.4) is 0 Å². The van der Waals surface area contributed by atoms with Gasteiger partial charge in [0.15, 0.2) is 0 Å². The predicted octanol–water partition coefficient (Wildman–Crippen LogP) is 1.87. The number of rotatable bonds is 5. The highest BCUT2D eigenvalue weighted by molar-refractivity contribution is 7.16. The van der Waals surface area contributed by atoms with Crippen LogP contribution in [0.25, 0.3) is 0 Å². The molecule has 1 fully saturated rings. The molecule has 1 unspecified atom stereocenters. The van der Waals surface area contributed by atoms with Crippen LogP contribution in [-0.4, -0.2) is 32.3 Å². The second kappa shape index (κ2) is 6.57. The maximum Gasteiger partial charge on any atom is 0.0931 e. The van der Waals surface area contributed by atoms with Gasteiger partial charge in [-0.3, -0.25) is 0 Å². The zero-order valence-corrected chi connectivity index (χ0v) is 10.7. The average Bonchev–Trinajstić information content (AvgIpc) is 2.72. The number of hydrogen-bond acceptors (Lipinski definition) is 4. The summed E-state index contributed by atoms with van der Waals surface area (Å²) >= 11 is 7.50. The van der Waals surface area contributed by atoms with Gasteiger partial charge in [-0.2, -0.15) is 0 Å². The number of nitrogens with one attached hydrogen (secondary N) is 2. The number of halogens is 1. The lowest BCUT2D eigenvalue weighted by atomic mass is 10.2. The van der Waals surface area contributed by atoms with E-state index in [1.54, 1.807) is 11.3 Å². The minimum atomic E-state index is 0.508. The minimum absolute atomic E-state index is 0.508. The van der Waals surface area contributed by atoms with Crippen LogP contribution in [-0.2, 0) is 11.3 Å². The van der Waals surface area contributed by atoms with Crippen LogP contribution in [0.2, 0.25) is 4.34 Å². The molecule has 0 amide bonds. The molecule has 0 radical (unpaired) electrons. The van der Waals surface area contributed by atoms with Crippen molar-refractivity contribution in [3.8, 4) is 0 Å². The number of ether oxygens (including phenoxy) is 1. The molecular formula is C11H17ClN2OS. The van der Waals surface area contributed by atoms with Crippen LogP contribution in [0, 0.1) is 0 Å². The van der Waals surface area contributed by atoms with E-state index in [4.69, 9.17) is 16.3 Å². The molecule has 0 aliphatic carbocycles. The Bertz CT molecular complexity index is 313. The fraction of sp³-hybridized carbons (Fsp3) is 0.636. The Morgan fingerprint density at radius 2 is 2.50 bits per heavy atom. The maximum atomic E-state index is 5.86. The third-order valence-electron chi connectivity index (χ3n) is 2.60. The zero-order chi connectivity index (χ0) is 11.2. The smallest absolute Gasteiger partial charge is 0.0931 e. The van der Waals surface area contributed by atoms with Gasteiger partial charge in [0, 0.05) is 24.0 Å². The van der Waals surface area contributed by atoms with Crippen molar-refractivity contribution >= 4 is 22.9 Å². The molecule has 1 aromatic heterocycles. The van der Waals surface area contributed by atoms with E-state index in [1.807, 2.05) is 6.07 Å². The van der Waals surface area contributed by atoms with E-state index in [0.29, 0.717) is 6.04 Å². The molecule has 0 spiro atoms. The van der Waals surface area contributed by atoms with Crippen molar-refractivity contribution < 1.29 is 4.74 Å². The first kappa shape index (κ1) is 12.3. The topological polar surface area (TPSA) is 33.3 Å². The summed E-state index contributed by atoms with van der Waals surface area (Å²) in [7, 11) is 0. The van der Waals surface area contributed by atoms with Crippen molar-refractivity contribution in [1.29, 1.82) is 0 Å². The normalized spacial score (nSPS) is 21.2. The predicted molar refractivity (Wildman–Crippen MR) is 68.3 cm³/mol. The summed E-state index contributed by atoms with van der Waals surface area (Å²) in [4.78, 5) is 1.29. The summed E-state index contributed by atoms with van der Waals surface area (Å²) in [5.41, 5.74) is 0. The highest BCUT2D eigenvalue weighted by Crippen LogP contribution is 2.20. The van der Waals surface area contributed by atoms with E-state index in [1.165, 1.54) is 4.88 Å². The summed E-state index contributed by atoms with van der Waals surface area (Å²) < 4.78 is 6.26. The summed E-state index contributed by atoms with van der Waals surface area (Å²) in [6.45, 7) is 4.58. The van der Waals surface area contributed by atoms with Crippen LogP contribution in [0.4, 0.5) is 0 Å². The minimum Gasteiger partial charge on any atom is -0.379 e. The third kappa shape index (κ3) is 4.03. The van der Waals surface area contributed by atoms with Crippen molar-refractivity contribution in [3.05, 3.63) is 21.3 Å². The van der Waals surface area contributed by atoms with Crippen molar-refractivity contribution in [2.45, 2.75) is 19.0 Å². The first-order chi connectivity index (χ1) is 7.84. The number of morpholine rings is 1. The molecule has 2 heterocycles. The lowest BCUT2D eigenvalue weighted by Gasteiger charge is -2.23. The Morgan fingerprint density at radius 3 is 3.19 bits per heavy atom. The molecule has 16 heavy (non-hydrogen) atoms. The van der Waals surface area contributed by atoms with E-state index in [0.717, 1.165) is 43.6 Å². The van der Waals surface area contributed by atoms with E-state index in [-0.39, 0.29) is 0 Å². The summed E-state index contributed by atoms with van der Waals surface area (Å²) in [5.74, 6) is 0. The Hall–Kier alpha value is -0.130. The Kier molecular flexibility index (Phi) is 5.06. The molecule has 2 rings (SSSR count). The molecule has 2 N–H and O–H groups in total. The largest absolute Gasteiger partial charge is 0.379 e. The quantitative estimate of drug-likeness (QED) is 0.793. The van der Waals surface area contributed by atoms with Crippen LogP contribution < -0.4 is 10.6 Å². The molecule has 1 atom stereocenters. The Morgan fingerprint density at radius 1 is 1.56 bits per heavy atom. The first-order valence-electron chi connectivity index (χ1n) is 5.60. The van der Waals surface area contributed by atoms with Crippen molar-refractivity contribution in [3.63, 3.8) is 0 Å². The molecule has 0 aromatic carbocycles. The fourth-order valence-corrected chi connectivity index (χ4v) is 2.80. The molecule has 0 bridgehead atoms. The van der Waals surface area contributed by atoms with E-state index in [2.05, 4.69) is 16.7 Å². The lowest BCUT2D eigenvalue weighted by Crippen LogP contribution is -2.42. The second-order valence-electron chi connectivity index (χ2n) is 3.90. The lowest BCUT2D eigenvalue weighted by molar-refractivity contribution is 0.0742. The number of thiophene rings is 1.